The normalized spacial score (nSPS) is 16.6. The summed E-state index contributed by atoms with van der Waals surface area (Å²) in [4.78, 5) is 12.3. The molecule has 6 nitrogen and oxygen atoms in total. The lowest BCUT2D eigenvalue weighted by atomic mass is 9.90. The smallest absolute Gasteiger partial charge is 0.249 e. The van der Waals surface area contributed by atoms with Crippen LogP contribution in [-0.2, 0) is 0 Å². The zero-order valence-corrected chi connectivity index (χ0v) is 11.3. The summed E-state index contributed by atoms with van der Waals surface area (Å²) in [7, 11) is 0. The zero-order chi connectivity index (χ0) is 14.8. The first-order chi connectivity index (χ1) is 10.2. The molecule has 0 aliphatic carbocycles. The van der Waals surface area contributed by atoms with Gasteiger partial charge in [-0.2, -0.15) is 15.0 Å². The molecule has 1 aromatic carbocycles. The molecule has 0 radical (unpaired) electrons. The second-order valence-electron chi connectivity index (χ2n) is 4.94. The van der Waals surface area contributed by atoms with Crippen molar-refractivity contribution in [2.24, 2.45) is 0 Å². The fourth-order valence-electron chi connectivity index (χ4n) is 2.57. The van der Waals surface area contributed by atoms with E-state index in [0.717, 1.165) is 22.4 Å². The van der Waals surface area contributed by atoms with Crippen molar-refractivity contribution in [1.29, 1.82) is 5.26 Å². The maximum atomic E-state index is 12.3. The Morgan fingerprint density at radius 1 is 1.52 bits per heavy atom. The highest BCUT2D eigenvalue weighted by Crippen LogP contribution is 2.35. The topological polar surface area (TPSA) is 93.9 Å². The summed E-state index contributed by atoms with van der Waals surface area (Å²) < 4.78 is 6.69. The van der Waals surface area contributed by atoms with Gasteiger partial charge in [0, 0.05) is 6.42 Å². The molecule has 1 aliphatic rings. The lowest BCUT2D eigenvalue weighted by Crippen LogP contribution is -2.21. The molecule has 0 spiro atoms. The van der Waals surface area contributed by atoms with Gasteiger partial charge in [-0.1, -0.05) is 18.2 Å². The molecule has 106 valence electrons. The molecule has 1 atom stereocenters. The van der Waals surface area contributed by atoms with Crippen molar-refractivity contribution in [3.8, 4) is 11.8 Å². The van der Waals surface area contributed by atoms with Crippen molar-refractivity contribution in [3.05, 3.63) is 41.6 Å². The molecule has 0 bridgehead atoms. The number of rotatable bonds is 2. The molecule has 2 heterocycles. The van der Waals surface area contributed by atoms with Gasteiger partial charge >= 0.3 is 0 Å². The van der Waals surface area contributed by atoms with Gasteiger partial charge < -0.3 is 10.5 Å². The van der Waals surface area contributed by atoms with Crippen LogP contribution in [0.25, 0.3) is 0 Å². The summed E-state index contributed by atoms with van der Waals surface area (Å²) in [5, 5.41) is 12.8. The van der Waals surface area contributed by atoms with E-state index in [1.165, 1.54) is 6.20 Å². The number of nitrogens with zero attached hydrogens (tertiary/aromatic N) is 3. The monoisotopic (exact) mass is 282 g/mol. The number of para-hydroxylation sites is 1. The number of hydrogen-bond acceptors (Lipinski definition) is 5. The van der Waals surface area contributed by atoms with Gasteiger partial charge in [0.2, 0.25) is 5.91 Å². The predicted molar refractivity (Wildman–Crippen MR) is 75.9 cm³/mol. The third-order valence-electron chi connectivity index (χ3n) is 3.67. The Labute approximate surface area is 121 Å². The minimum absolute atomic E-state index is 0.0802. The number of benzene rings is 1. The van der Waals surface area contributed by atoms with E-state index in [1.807, 2.05) is 30.3 Å². The van der Waals surface area contributed by atoms with E-state index >= 15 is 0 Å². The molecule has 3 rings (SSSR count). The second-order valence-corrected chi connectivity index (χ2v) is 4.94. The van der Waals surface area contributed by atoms with Crippen LogP contribution in [-0.4, -0.2) is 22.3 Å². The molecule has 0 amide bonds. The molecule has 0 unspecified atom stereocenters. The Hall–Kier alpha value is -2.81. The van der Waals surface area contributed by atoms with Gasteiger partial charge in [-0.3, -0.25) is 4.79 Å². The molecule has 21 heavy (non-hydrogen) atoms. The summed E-state index contributed by atoms with van der Waals surface area (Å²) in [6.07, 6.45) is 2.37. The highest BCUT2D eigenvalue weighted by molar-refractivity contribution is 5.83. The summed E-state index contributed by atoms with van der Waals surface area (Å²) in [5.74, 6) is 0.794. The number of hydrogen-bond donors (Lipinski definition) is 1. The lowest BCUT2D eigenvalue weighted by molar-refractivity contribution is 0.0872. The number of fused-ring (bicyclic) bond motifs is 1. The van der Waals surface area contributed by atoms with E-state index in [9.17, 15) is 4.79 Å². The molecule has 1 aromatic heterocycles. The second kappa shape index (κ2) is 5.29. The number of ether oxygens (including phenoxy) is 1. The summed E-state index contributed by atoms with van der Waals surface area (Å²) in [6.45, 7) is 0.590. The Balaban J connectivity index is 1.83. The largest absolute Gasteiger partial charge is 0.493 e. The van der Waals surface area contributed by atoms with Crippen molar-refractivity contribution in [1.82, 2.24) is 9.78 Å². The van der Waals surface area contributed by atoms with Gasteiger partial charge in [-0.25, -0.2) is 0 Å². The van der Waals surface area contributed by atoms with E-state index in [1.54, 1.807) is 0 Å². The Morgan fingerprint density at radius 2 is 2.33 bits per heavy atom. The van der Waals surface area contributed by atoms with E-state index in [0.29, 0.717) is 6.61 Å². The Morgan fingerprint density at radius 3 is 3.10 bits per heavy atom. The first-order valence-electron chi connectivity index (χ1n) is 6.69. The van der Waals surface area contributed by atoms with Crippen LogP contribution in [0, 0.1) is 11.3 Å². The van der Waals surface area contributed by atoms with Gasteiger partial charge in [-0.15, -0.1) is 0 Å². The summed E-state index contributed by atoms with van der Waals surface area (Å²) >= 11 is 0. The summed E-state index contributed by atoms with van der Waals surface area (Å²) in [6, 6.07) is 9.63. The van der Waals surface area contributed by atoms with Crippen LogP contribution in [0.3, 0.4) is 0 Å². The summed E-state index contributed by atoms with van der Waals surface area (Å²) in [5.41, 5.74) is 7.00. The molecule has 6 heteroatoms. The SMILES string of the molecule is N#Cc1cnn(C(=O)C[C@H]2CCOc3ccccc32)c1N. The molecule has 1 aliphatic heterocycles. The van der Waals surface area contributed by atoms with Crippen LogP contribution in [0.2, 0.25) is 0 Å². The third-order valence-corrected chi connectivity index (χ3v) is 3.67. The number of aromatic nitrogens is 2. The number of nitrogen functional groups attached to an aromatic ring is 1. The van der Waals surface area contributed by atoms with E-state index in [4.69, 9.17) is 15.7 Å². The third kappa shape index (κ3) is 2.34. The zero-order valence-electron chi connectivity index (χ0n) is 11.3. The molecule has 2 aromatic rings. The van der Waals surface area contributed by atoms with E-state index in [-0.39, 0.29) is 29.6 Å². The van der Waals surface area contributed by atoms with Crippen LogP contribution >= 0.6 is 0 Å². The fraction of sp³-hybridized carbons (Fsp3) is 0.267. The average Bonchev–Trinajstić information content (AvgIpc) is 2.88. The van der Waals surface area contributed by atoms with Crippen molar-refractivity contribution in [3.63, 3.8) is 0 Å². The van der Waals surface area contributed by atoms with Gasteiger partial charge in [0.1, 0.15) is 23.2 Å². The maximum Gasteiger partial charge on any atom is 0.249 e. The number of carbonyl (C=O) groups is 1. The minimum atomic E-state index is -0.212. The highest BCUT2D eigenvalue weighted by Gasteiger charge is 2.25. The van der Waals surface area contributed by atoms with E-state index in [2.05, 4.69) is 5.10 Å². The highest BCUT2D eigenvalue weighted by atomic mass is 16.5. The molecular weight excluding hydrogens is 268 g/mol. The van der Waals surface area contributed by atoms with Crippen molar-refractivity contribution >= 4 is 11.7 Å². The number of anilines is 1. The van der Waals surface area contributed by atoms with Crippen LogP contribution in [0.4, 0.5) is 5.82 Å². The molecule has 2 N–H and O–H groups in total. The minimum Gasteiger partial charge on any atom is -0.493 e. The maximum absolute atomic E-state index is 12.3. The van der Waals surface area contributed by atoms with Gasteiger partial charge in [0.05, 0.1) is 12.8 Å². The standard InChI is InChI=1S/C15H14N4O2/c16-8-11-9-18-19(15(11)17)14(20)7-10-5-6-21-13-4-2-1-3-12(10)13/h1-4,9-10H,5-7,17H2/t10-/m1/s1. The number of nitriles is 1. The van der Waals surface area contributed by atoms with Crippen LogP contribution < -0.4 is 10.5 Å². The predicted octanol–water partition coefficient (Wildman–Crippen LogP) is 1.93. The van der Waals surface area contributed by atoms with Crippen molar-refractivity contribution in [2.75, 3.05) is 12.3 Å². The van der Waals surface area contributed by atoms with Crippen molar-refractivity contribution < 1.29 is 9.53 Å². The molecular formula is C15H14N4O2. The van der Waals surface area contributed by atoms with Gasteiger partial charge in [0.15, 0.2) is 0 Å². The number of nitrogens with two attached hydrogens (primary N) is 1. The number of carbonyl (C=O) groups excluding carboxylic acids is 1. The molecule has 0 fully saturated rings. The molecule has 0 saturated carbocycles. The van der Waals surface area contributed by atoms with Gasteiger partial charge in [-0.05, 0) is 24.0 Å². The van der Waals surface area contributed by atoms with Crippen molar-refractivity contribution in [2.45, 2.75) is 18.8 Å². The lowest BCUT2D eigenvalue weighted by Gasteiger charge is -2.25. The quantitative estimate of drug-likeness (QED) is 0.908. The van der Waals surface area contributed by atoms with Crippen LogP contribution in [0.15, 0.2) is 30.5 Å². The van der Waals surface area contributed by atoms with Crippen LogP contribution in [0.5, 0.6) is 5.75 Å². The average molecular weight is 282 g/mol. The first kappa shape index (κ1) is 13.2. The van der Waals surface area contributed by atoms with Gasteiger partial charge in [0.25, 0.3) is 0 Å². The first-order valence-corrected chi connectivity index (χ1v) is 6.69. The van der Waals surface area contributed by atoms with E-state index < -0.39 is 0 Å². The molecule has 0 saturated heterocycles. The van der Waals surface area contributed by atoms with Crippen LogP contribution in [0.1, 0.15) is 34.7 Å². The Bertz CT molecular complexity index is 730. The fourth-order valence-corrected chi connectivity index (χ4v) is 2.57. The Kier molecular flexibility index (Phi) is 3.32.